The van der Waals surface area contributed by atoms with Crippen molar-refractivity contribution < 1.29 is 22.7 Å². The Hall–Kier alpha value is -3.48. The topological polar surface area (TPSA) is 81.5 Å². The number of amides is 2. The Bertz CT molecular complexity index is 1130. The highest BCUT2D eigenvalue weighted by Crippen LogP contribution is 2.41. The van der Waals surface area contributed by atoms with Crippen molar-refractivity contribution in [1.82, 2.24) is 9.88 Å². The van der Waals surface area contributed by atoms with Gasteiger partial charge in [-0.2, -0.15) is 18.4 Å². The summed E-state index contributed by atoms with van der Waals surface area (Å²) in [6.07, 6.45) is -2.49. The summed E-state index contributed by atoms with van der Waals surface area (Å²) in [7, 11) is 1.53. The molecule has 180 valence electrons. The van der Waals surface area contributed by atoms with Gasteiger partial charge in [-0.05, 0) is 51.0 Å². The number of urea groups is 1. The Morgan fingerprint density at radius 1 is 1.18 bits per heavy atom. The normalized spacial score (nSPS) is 20.6. The van der Waals surface area contributed by atoms with Crippen LogP contribution in [-0.2, 0) is 6.18 Å². The van der Waals surface area contributed by atoms with Crippen LogP contribution in [0, 0.1) is 11.3 Å². The number of ether oxygens (including phenoxy) is 1. The summed E-state index contributed by atoms with van der Waals surface area (Å²) in [5, 5.41) is 12.0. The molecule has 0 bridgehead atoms. The van der Waals surface area contributed by atoms with Crippen LogP contribution in [0.5, 0.6) is 5.88 Å². The number of pyridine rings is 1. The van der Waals surface area contributed by atoms with Crippen molar-refractivity contribution in [3.05, 3.63) is 47.2 Å². The van der Waals surface area contributed by atoms with Gasteiger partial charge in [0, 0.05) is 54.2 Å². The van der Waals surface area contributed by atoms with Gasteiger partial charge >= 0.3 is 12.2 Å². The zero-order valence-corrected chi connectivity index (χ0v) is 19.2. The Morgan fingerprint density at radius 3 is 2.53 bits per heavy atom. The quantitative estimate of drug-likeness (QED) is 0.677. The molecule has 1 aliphatic heterocycles. The van der Waals surface area contributed by atoms with E-state index < -0.39 is 17.3 Å². The molecule has 2 fully saturated rings. The molecule has 2 amide bonds. The molecule has 34 heavy (non-hydrogen) atoms. The van der Waals surface area contributed by atoms with E-state index in [4.69, 9.17) is 10.00 Å². The number of benzene rings is 1. The van der Waals surface area contributed by atoms with E-state index in [-0.39, 0.29) is 18.1 Å². The molecular formula is C24H26F3N5O2. The number of carbonyl (C=O) groups is 1. The predicted molar refractivity (Wildman–Crippen MR) is 121 cm³/mol. The average Bonchev–Trinajstić information content (AvgIpc) is 3.64. The summed E-state index contributed by atoms with van der Waals surface area (Å²) in [6.45, 7) is 4.39. The Labute approximate surface area is 196 Å². The van der Waals surface area contributed by atoms with Crippen LogP contribution >= 0.6 is 0 Å². The second kappa shape index (κ2) is 9.05. The van der Waals surface area contributed by atoms with E-state index in [2.05, 4.69) is 10.3 Å². The molecule has 10 heteroatoms. The number of anilines is 2. The molecule has 1 saturated carbocycles. The van der Waals surface area contributed by atoms with Crippen LogP contribution in [0.15, 0.2) is 30.3 Å². The maximum atomic E-state index is 13.4. The van der Waals surface area contributed by atoms with Gasteiger partial charge in [0.15, 0.2) is 0 Å². The van der Waals surface area contributed by atoms with E-state index >= 15 is 0 Å². The second-order valence-corrected chi connectivity index (χ2v) is 8.87. The van der Waals surface area contributed by atoms with Gasteiger partial charge in [-0.25, -0.2) is 9.78 Å². The molecule has 1 N–H and O–H groups in total. The van der Waals surface area contributed by atoms with Crippen LogP contribution in [0.2, 0.25) is 0 Å². The number of aromatic nitrogens is 1. The molecule has 2 heterocycles. The summed E-state index contributed by atoms with van der Waals surface area (Å²) in [5.74, 6) is 0.828. The smallest absolute Gasteiger partial charge is 0.417 e. The minimum Gasteiger partial charge on any atom is -0.481 e. The van der Waals surface area contributed by atoms with Gasteiger partial charge in [-0.15, -0.1) is 0 Å². The lowest BCUT2D eigenvalue weighted by molar-refractivity contribution is -0.137. The maximum absolute atomic E-state index is 13.4. The van der Waals surface area contributed by atoms with E-state index in [1.807, 2.05) is 24.8 Å². The number of alkyl halides is 3. The first-order valence-corrected chi connectivity index (χ1v) is 11.1. The third kappa shape index (κ3) is 4.88. The van der Waals surface area contributed by atoms with Gasteiger partial charge in [0.25, 0.3) is 0 Å². The van der Waals surface area contributed by atoms with Crippen LogP contribution < -0.4 is 15.0 Å². The van der Waals surface area contributed by atoms with Crippen molar-refractivity contribution >= 4 is 17.4 Å². The van der Waals surface area contributed by atoms with Crippen LogP contribution in [0.1, 0.15) is 49.4 Å². The second-order valence-electron chi connectivity index (χ2n) is 8.87. The van der Waals surface area contributed by atoms with Gasteiger partial charge in [0.1, 0.15) is 0 Å². The third-order valence-corrected chi connectivity index (χ3v) is 6.29. The number of carbonyl (C=O) groups excluding carboxylic acids is 1. The molecule has 1 aliphatic carbocycles. The molecule has 1 saturated heterocycles. The fourth-order valence-corrected chi connectivity index (χ4v) is 4.30. The number of halogens is 3. The number of piperazine rings is 1. The minimum absolute atomic E-state index is 0.232. The zero-order chi connectivity index (χ0) is 24.6. The lowest BCUT2D eigenvalue weighted by Crippen LogP contribution is -2.59. The highest BCUT2D eigenvalue weighted by molar-refractivity contribution is 5.90. The van der Waals surface area contributed by atoms with Crippen molar-refractivity contribution in [2.75, 3.05) is 30.4 Å². The van der Waals surface area contributed by atoms with Crippen LogP contribution in [0.3, 0.4) is 0 Å². The van der Waals surface area contributed by atoms with Gasteiger partial charge < -0.3 is 19.9 Å². The summed E-state index contributed by atoms with van der Waals surface area (Å²) in [4.78, 5) is 21.0. The first kappa shape index (κ1) is 23.7. The number of nitriles is 1. The van der Waals surface area contributed by atoms with E-state index in [0.717, 1.165) is 24.6 Å². The van der Waals surface area contributed by atoms with Crippen molar-refractivity contribution in [2.24, 2.45) is 0 Å². The van der Waals surface area contributed by atoms with Crippen LogP contribution in [-0.4, -0.2) is 48.2 Å². The first-order chi connectivity index (χ1) is 16.1. The lowest BCUT2D eigenvalue weighted by atomic mass is 10.0. The van der Waals surface area contributed by atoms with Crippen molar-refractivity contribution in [2.45, 2.75) is 50.9 Å². The van der Waals surface area contributed by atoms with E-state index in [1.54, 1.807) is 17.0 Å². The number of nitrogens with one attached hydrogen (secondary N) is 1. The summed E-state index contributed by atoms with van der Waals surface area (Å²) in [6, 6.07) is 8.10. The van der Waals surface area contributed by atoms with E-state index in [9.17, 15) is 18.0 Å². The molecular weight excluding hydrogens is 447 g/mol. The predicted octanol–water partition coefficient (Wildman–Crippen LogP) is 4.99. The van der Waals surface area contributed by atoms with Crippen LogP contribution in [0.25, 0.3) is 0 Å². The third-order valence-electron chi connectivity index (χ3n) is 6.29. The number of methoxy groups -OCH3 is 1. The lowest BCUT2D eigenvalue weighted by Gasteiger charge is -2.45. The zero-order valence-electron chi connectivity index (χ0n) is 19.2. The highest BCUT2D eigenvalue weighted by Gasteiger charge is 2.37. The highest BCUT2D eigenvalue weighted by atomic mass is 19.4. The molecule has 2 aliphatic rings. The van der Waals surface area contributed by atoms with E-state index in [0.29, 0.717) is 36.3 Å². The van der Waals surface area contributed by atoms with Gasteiger partial charge in [-0.1, -0.05) is 0 Å². The van der Waals surface area contributed by atoms with Crippen molar-refractivity contribution in [3.63, 3.8) is 0 Å². The Kier molecular flexibility index (Phi) is 6.30. The summed E-state index contributed by atoms with van der Waals surface area (Å²) in [5.41, 5.74) is 0.503. The molecule has 0 unspecified atom stereocenters. The monoisotopic (exact) mass is 473 g/mol. The minimum atomic E-state index is -4.62. The maximum Gasteiger partial charge on any atom is 0.417 e. The Balaban J connectivity index is 1.50. The van der Waals surface area contributed by atoms with E-state index in [1.165, 1.54) is 19.2 Å². The molecule has 0 spiro atoms. The number of hydrogen-bond acceptors (Lipinski definition) is 5. The average molecular weight is 473 g/mol. The SMILES string of the molecule is COc1cc(NC(=O)N2C[C@@H](C)N(c3ccc(C#N)c(C(F)(F)F)c3)C[C@@H]2C)cc(C2CC2)n1. The van der Waals surface area contributed by atoms with Crippen LogP contribution in [0.4, 0.5) is 29.3 Å². The van der Waals surface area contributed by atoms with Gasteiger partial charge in [0.2, 0.25) is 5.88 Å². The van der Waals surface area contributed by atoms with Crippen molar-refractivity contribution in [1.29, 1.82) is 5.26 Å². The van der Waals surface area contributed by atoms with Crippen molar-refractivity contribution in [3.8, 4) is 11.9 Å². The fourth-order valence-electron chi connectivity index (χ4n) is 4.30. The molecule has 1 aromatic heterocycles. The molecule has 4 rings (SSSR count). The number of rotatable bonds is 4. The molecule has 2 aromatic rings. The summed E-state index contributed by atoms with van der Waals surface area (Å²) >= 11 is 0. The molecule has 1 aromatic carbocycles. The van der Waals surface area contributed by atoms with Gasteiger partial charge in [0.05, 0.1) is 24.3 Å². The molecule has 7 nitrogen and oxygen atoms in total. The van der Waals surface area contributed by atoms with Gasteiger partial charge in [-0.3, -0.25) is 0 Å². The number of hydrogen-bond donors (Lipinski definition) is 1. The Morgan fingerprint density at radius 2 is 1.91 bits per heavy atom. The fraction of sp³-hybridized carbons (Fsp3) is 0.458. The molecule has 0 radical (unpaired) electrons. The summed E-state index contributed by atoms with van der Waals surface area (Å²) < 4.78 is 45.5. The first-order valence-electron chi connectivity index (χ1n) is 11.1. The number of nitrogens with zero attached hydrogens (tertiary/aromatic N) is 4. The largest absolute Gasteiger partial charge is 0.481 e. The standard InChI is InChI=1S/C24H26F3N5O2/c1-14-13-32(23(33)29-18-8-21(16-4-5-16)30-22(9-18)34-3)15(2)12-31(14)19-7-6-17(11-28)20(10-19)24(25,26)27/h6-10,14-16H,4-5,12-13H2,1-3H3,(H,29,30,33)/t14-,15+/m1/s1. The molecule has 2 atom stereocenters.